The number of esters is 1. The summed E-state index contributed by atoms with van der Waals surface area (Å²) in [5.74, 6) is 0.409. The molecule has 1 aliphatic heterocycles. The summed E-state index contributed by atoms with van der Waals surface area (Å²) in [5.41, 5.74) is 2.80. The number of amides is 1. The Morgan fingerprint density at radius 2 is 1.81 bits per heavy atom. The van der Waals surface area contributed by atoms with Gasteiger partial charge in [0.25, 0.3) is 5.89 Å². The molecule has 0 spiro atoms. The van der Waals surface area contributed by atoms with Crippen LogP contribution in [0, 0.1) is 11.8 Å². The van der Waals surface area contributed by atoms with Crippen LogP contribution in [-0.4, -0.2) is 42.8 Å². The molecule has 36 heavy (non-hydrogen) atoms. The van der Waals surface area contributed by atoms with Crippen molar-refractivity contribution in [2.24, 2.45) is 11.8 Å². The fourth-order valence-corrected chi connectivity index (χ4v) is 5.12. The van der Waals surface area contributed by atoms with Crippen LogP contribution in [-0.2, 0) is 27.4 Å². The first kappa shape index (κ1) is 23.8. The van der Waals surface area contributed by atoms with Gasteiger partial charge in [0.2, 0.25) is 11.7 Å². The number of methoxy groups -OCH3 is 2. The summed E-state index contributed by atoms with van der Waals surface area (Å²) in [7, 11) is 3.11. The average Bonchev–Trinajstić information content (AvgIpc) is 3.58. The first-order chi connectivity index (χ1) is 17.6. The molecule has 0 unspecified atom stereocenters. The van der Waals surface area contributed by atoms with Crippen LogP contribution in [0.4, 0.5) is 5.69 Å². The SMILES string of the molecule is COc1ccc(-c2noc(COC(=O)[C@H]3CCCC[C@@H]3C(=O)N3CCc4ccccc43)n2)cc1OC. The molecule has 188 valence electrons. The number of nitrogens with zero attached hydrogens (tertiary/aromatic N) is 3. The summed E-state index contributed by atoms with van der Waals surface area (Å²) >= 11 is 0. The standard InChI is InChI=1S/C27H29N3O6/c1-33-22-12-11-18(15-23(22)34-2)25-28-24(36-29-25)16-35-27(32)20-9-5-4-8-19(20)26(31)30-14-13-17-7-3-6-10-21(17)30/h3,6-7,10-12,15,19-20H,4-5,8-9,13-14,16H2,1-2H3/t19-,20-/m0/s1. The lowest BCUT2D eigenvalue weighted by Gasteiger charge is -2.32. The fraction of sp³-hybridized carbons (Fsp3) is 0.407. The Morgan fingerprint density at radius 3 is 2.61 bits per heavy atom. The summed E-state index contributed by atoms with van der Waals surface area (Å²) in [6.45, 7) is 0.500. The van der Waals surface area contributed by atoms with Gasteiger partial charge in [0.1, 0.15) is 0 Å². The molecular weight excluding hydrogens is 462 g/mol. The van der Waals surface area contributed by atoms with E-state index in [4.69, 9.17) is 18.7 Å². The van der Waals surface area contributed by atoms with Crippen molar-refractivity contribution >= 4 is 17.6 Å². The Bertz CT molecular complexity index is 1260. The maximum atomic E-state index is 13.5. The van der Waals surface area contributed by atoms with Crippen molar-refractivity contribution in [3.8, 4) is 22.9 Å². The zero-order chi connectivity index (χ0) is 25.1. The number of carbonyl (C=O) groups excluding carboxylic acids is 2. The van der Waals surface area contributed by atoms with Crippen LogP contribution in [0.25, 0.3) is 11.4 Å². The summed E-state index contributed by atoms with van der Waals surface area (Å²) < 4.78 is 21.4. The second kappa shape index (κ2) is 10.4. The van der Waals surface area contributed by atoms with Gasteiger partial charge < -0.3 is 23.6 Å². The molecule has 0 bridgehead atoms. The number of fused-ring (bicyclic) bond motifs is 1. The molecule has 9 nitrogen and oxygen atoms in total. The van der Waals surface area contributed by atoms with Gasteiger partial charge in [0.05, 0.1) is 26.1 Å². The van der Waals surface area contributed by atoms with Crippen molar-refractivity contribution < 1.29 is 28.3 Å². The monoisotopic (exact) mass is 491 g/mol. The molecule has 9 heteroatoms. The summed E-state index contributed by atoms with van der Waals surface area (Å²) in [6, 6.07) is 13.2. The van der Waals surface area contributed by atoms with Crippen molar-refractivity contribution in [3.63, 3.8) is 0 Å². The van der Waals surface area contributed by atoms with E-state index in [1.165, 1.54) is 5.56 Å². The fourth-order valence-electron chi connectivity index (χ4n) is 5.12. The van der Waals surface area contributed by atoms with E-state index in [1.807, 2.05) is 23.1 Å². The van der Waals surface area contributed by atoms with Crippen LogP contribution in [0.15, 0.2) is 47.0 Å². The highest BCUT2D eigenvalue weighted by Gasteiger charge is 2.40. The van der Waals surface area contributed by atoms with Crippen molar-refractivity contribution in [1.82, 2.24) is 10.1 Å². The highest BCUT2D eigenvalue weighted by Crippen LogP contribution is 2.36. The second-order valence-corrected chi connectivity index (χ2v) is 9.06. The minimum atomic E-state index is -0.479. The highest BCUT2D eigenvalue weighted by atomic mass is 16.6. The number of anilines is 1. The van der Waals surface area contributed by atoms with Crippen molar-refractivity contribution in [2.75, 3.05) is 25.7 Å². The third-order valence-electron chi connectivity index (χ3n) is 6.99. The van der Waals surface area contributed by atoms with E-state index in [0.29, 0.717) is 42.3 Å². The number of rotatable bonds is 7. The highest BCUT2D eigenvalue weighted by molar-refractivity contribution is 5.99. The molecule has 5 rings (SSSR count). The zero-order valence-corrected chi connectivity index (χ0v) is 20.4. The molecule has 2 aromatic carbocycles. The molecule has 0 saturated heterocycles. The van der Waals surface area contributed by atoms with Gasteiger partial charge in [-0.3, -0.25) is 9.59 Å². The van der Waals surface area contributed by atoms with Gasteiger partial charge in [0, 0.05) is 17.8 Å². The lowest BCUT2D eigenvalue weighted by molar-refractivity contribution is -0.156. The van der Waals surface area contributed by atoms with Crippen LogP contribution in [0.5, 0.6) is 11.5 Å². The van der Waals surface area contributed by atoms with Crippen molar-refractivity contribution in [2.45, 2.75) is 38.7 Å². The smallest absolute Gasteiger partial charge is 0.310 e. The van der Waals surface area contributed by atoms with Gasteiger partial charge >= 0.3 is 5.97 Å². The van der Waals surface area contributed by atoms with Gasteiger partial charge in [-0.05, 0) is 49.1 Å². The zero-order valence-electron chi connectivity index (χ0n) is 20.4. The lowest BCUT2D eigenvalue weighted by atomic mass is 9.78. The van der Waals surface area contributed by atoms with Gasteiger partial charge in [-0.15, -0.1) is 0 Å². The number of para-hydroxylation sites is 1. The van der Waals surface area contributed by atoms with E-state index in [9.17, 15) is 9.59 Å². The van der Waals surface area contributed by atoms with E-state index < -0.39 is 11.9 Å². The number of carbonyl (C=O) groups is 2. The van der Waals surface area contributed by atoms with Crippen LogP contribution in [0.1, 0.15) is 37.1 Å². The molecule has 1 saturated carbocycles. The van der Waals surface area contributed by atoms with Crippen LogP contribution in [0.2, 0.25) is 0 Å². The Hall–Kier alpha value is -3.88. The first-order valence-electron chi connectivity index (χ1n) is 12.2. The predicted octanol–water partition coefficient (Wildman–Crippen LogP) is 4.19. The third-order valence-corrected chi connectivity index (χ3v) is 6.99. The summed E-state index contributed by atoms with van der Waals surface area (Å²) in [6.07, 6.45) is 3.97. The third kappa shape index (κ3) is 4.65. The normalized spacial score (nSPS) is 19.0. The molecule has 2 atom stereocenters. The molecule has 2 heterocycles. The maximum absolute atomic E-state index is 13.5. The number of hydrogen-bond acceptors (Lipinski definition) is 8. The molecule has 1 amide bonds. The summed E-state index contributed by atoms with van der Waals surface area (Å²) in [4.78, 5) is 32.7. The quantitative estimate of drug-likeness (QED) is 0.453. The molecule has 0 radical (unpaired) electrons. The number of aromatic nitrogens is 2. The van der Waals surface area contributed by atoms with Gasteiger partial charge in [-0.25, -0.2) is 0 Å². The lowest BCUT2D eigenvalue weighted by Crippen LogP contribution is -2.42. The first-order valence-corrected chi connectivity index (χ1v) is 12.2. The van der Waals surface area contributed by atoms with E-state index in [-0.39, 0.29) is 24.3 Å². The number of benzene rings is 2. The minimum Gasteiger partial charge on any atom is -0.493 e. The second-order valence-electron chi connectivity index (χ2n) is 9.06. The molecular formula is C27H29N3O6. The number of ether oxygens (including phenoxy) is 3. The Morgan fingerprint density at radius 1 is 1.03 bits per heavy atom. The number of hydrogen-bond donors (Lipinski definition) is 0. The van der Waals surface area contributed by atoms with E-state index in [2.05, 4.69) is 16.2 Å². The molecule has 0 N–H and O–H groups in total. The van der Waals surface area contributed by atoms with Crippen molar-refractivity contribution in [1.29, 1.82) is 0 Å². The van der Waals surface area contributed by atoms with Gasteiger partial charge in [-0.1, -0.05) is 36.2 Å². The van der Waals surface area contributed by atoms with Gasteiger partial charge in [0.15, 0.2) is 18.1 Å². The van der Waals surface area contributed by atoms with Crippen LogP contribution in [0.3, 0.4) is 0 Å². The average molecular weight is 492 g/mol. The Balaban J connectivity index is 1.24. The molecule has 1 aromatic heterocycles. The molecule has 3 aromatic rings. The van der Waals surface area contributed by atoms with E-state index >= 15 is 0 Å². The maximum Gasteiger partial charge on any atom is 0.310 e. The van der Waals surface area contributed by atoms with Crippen LogP contribution < -0.4 is 14.4 Å². The van der Waals surface area contributed by atoms with Crippen molar-refractivity contribution in [3.05, 3.63) is 53.9 Å². The molecule has 1 fully saturated rings. The summed E-state index contributed by atoms with van der Waals surface area (Å²) in [5, 5.41) is 3.99. The molecule has 1 aliphatic carbocycles. The predicted molar refractivity (Wildman–Crippen MR) is 131 cm³/mol. The van der Waals surface area contributed by atoms with E-state index in [0.717, 1.165) is 24.9 Å². The van der Waals surface area contributed by atoms with E-state index in [1.54, 1.807) is 32.4 Å². The Kier molecular flexibility index (Phi) is 6.88. The molecule has 2 aliphatic rings. The Labute approximate surface area is 209 Å². The largest absolute Gasteiger partial charge is 0.493 e. The van der Waals surface area contributed by atoms with Crippen LogP contribution >= 0.6 is 0 Å². The minimum absolute atomic E-state index is 0.00938. The topological polar surface area (TPSA) is 104 Å². The van der Waals surface area contributed by atoms with Gasteiger partial charge in [-0.2, -0.15) is 4.98 Å².